The van der Waals surface area contributed by atoms with E-state index in [1.165, 1.54) is 26.4 Å². The van der Waals surface area contributed by atoms with Crippen LogP contribution in [0.1, 0.15) is 15.9 Å². The SMILES string of the molecule is COc1ccc(C=C(F)C(=O)Nc2cc(F)cc(C(=O)O)c2)cc1OC. The van der Waals surface area contributed by atoms with Gasteiger partial charge in [-0.25, -0.2) is 13.6 Å². The molecule has 0 spiro atoms. The molecule has 26 heavy (non-hydrogen) atoms. The third kappa shape index (κ3) is 4.56. The zero-order chi connectivity index (χ0) is 19.3. The number of carboxylic acids is 1. The summed E-state index contributed by atoms with van der Waals surface area (Å²) >= 11 is 0. The molecule has 8 heteroatoms. The first-order chi connectivity index (χ1) is 12.3. The first kappa shape index (κ1) is 18.9. The maximum atomic E-state index is 14.1. The largest absolute Gasteiger partial charge is 0.493 e. The summed E-state index contributed by atoms with van der Waals surface area (Å²) in [5, 5.41) is 11.0. The number of amides is 1. The van der Waals surface area contributed by atoms with Gasteiger partial charge in [0.2, 0.25) is 0 Å². The number of halogens is 2. The highest BCUT2D eigenvalue weighted by Gasteiger charge is 2.13. The van der Waals surface area contributed by atoms with Crippen LogP contribution in [0.15, 0.2) is 42.2 Å². The summed E-state index contributed by atoms with van der Waals surface area (Å²) in [4.78, 5) is 22.8. The number of carboxylic acid groups (broad SMARTS) is 1. The smallest absolute Gasteiger partial charge is 0.335 e. The predicted octanol–water partition coefficient (Wildman–Crippen LogP) is 3.49. The number of aromatic carboxylic acids is 1. The minimum atomic E-state index is -1.37. The second-order valence-electron chi connectivity index (χ2n) is 5.09. The average molecular weight is 363 g/mol. The second kappa shape index (κ2) is 8.11. The number of ether oxygens (including phenoxy) is 2. The summed E-state index contributed by atoms with van der Waals surface area (Å²) in [6.45, 7) is 0. The molecule has 0 aliphatic carbocycles. The van der Waals surface area contributed by atoms with E-state index in [4.69, 9.17) is 14.6 Å². The predicted molar refractivity (Wildman–Crippen MR) is 90.6 cm³/mol. The van der Waals surface area contributed by atoms with Crippen LogP contribution in [0.2, 0.25) is 0 Å². The van der Waals surface area contributed by atoms with Gasteiger partial charge in [0, 0.05) is 5.69 Å². The normalized spacial score (nSPS) is 11.0. The molecular weight excluding hydrogens is 348 g/mol. The molecule has 0 fully saturated rings. The molecule has 0 aliphatic rings. The van der Waals surface area contributed by atoms with E-state index < -0.39 is 23.5 Å². The van der Waals surface area contributed by atoms with Crippen LogP contribution in [0, 0.1) is 5.82 Å². The van der Waals surface area contributed by atoms with Gasteiger partial charge >= 0.3 is 5.97 Å². The molecule has 0 atom stereocenters. The molecular formula is C18H15F2NO5. The van der Waals surface area contributed by atoms with Crippen molar-refractivity contribution in [2.75, 3.05) is 19.5 Å². The Morgan fingerprint density at radius 1 is 1.08 bits per heavy atom. The quantitative estimate of drug-likeness (QED) is 0.768. The molecule has 0 saturated heterocycles. The molecule has 2 aromatic carbocycles. The number of carbonyl (C=O) groups is 2. The fourth-order valence-electron chi connectivity index (χ4n) is 2.13. The summed E-state index contributed by atoms with van der Waals surface area (Å²) in [5.74, 6) is -3.76. The topological polar surface area (TPSA) is 84.9 Å². The average Bonchev–Trinajstić information content (AvgIpc) is 2.60. The van der Waals surface area contributed by atoms with E-state index in [-0.39, 0.29) is 11.3 Å². The highest BCUT2D eigenvalue weighted by molar-refractivity contribution is 6.05. The summed E-state index contributed by atoms with van der Waals surface area (Å²) in [6, 6.07) is 7.21. The van der Waals surface area contributed by atoms with Crippen molar-refractivity contribution in [2.45, 2.75) is 0 Å². The number of methoxy groups -OCH3 is 2. The molecule has 0 unspecified atom stereocenters. The molecule has 2 rings (SSSR count). The minimum Gasteiger partial charge on any atom is -0.493 e. The van der Waals surface area contributed by atoms with Crippen LogP contribution >= 0.6 is 0 Å². The number of hydrogen-bond donors (Lipinski definition) is 2. The van der Waals surface area contributed by atoms with Crippen molar-refractivity contribution >= 4 is 23.6 Å². The summed E-state index contributed by atoms with van der Waals surface area (Å²) < 4.78 is 37.7. The fourth-order valence-corrected chi connectivity index (χ4v) is 2.13. The number of rotatable bonds is 6. The van der Waals surface area contributed by atoms with Gasteiger partial charge in [0.25, 0.3) is 5.91 Å². The van der Waals surface area contributed by atoms with Gasteiger partial charge < -0.3 is 19.9 Å². The Balaban J connectivity index is 2.22. The van der Waals surface area contributed by atoms with Crippen LogP contribution in [0.5, 0.6) is 11.5 Å². The van der Waals surface area contributed by atoms with Crippen molar-refractivity contribution in [3.63, 3.8) is 0 Å². The van der Waals surface area contributed by atoms with E-state index >= 15 is 0 Å². The van der Waals surface area contributed by atoms with E-state index in [0.717, 1.165) is 24.3 Å². The number of nitrogens with one attached hydrogen (secondary N) is 1. The Kier molecular flexibility index (Phi) is 5.90. The maximum absolute atomic E-state index is 14.1. The fraction of sp³-hybridized carbons (Fsp3) is 0.111. The van der Waals surface area contributed by atoms with Crippen LogP contribution in [0.4, 0.5) is 14.5 Å². The van der Waals surface area contributed by atoms with Crippen molar-refractivity contribution in [3.8, 4) is 11.5 Å². The van der Waals surface area contributed by atoms with E-state index in [1.54, 1.807) is 6.07 Å². The Bertz CT molecular complexity index is 880. The summed E-state index contributed by atoms with van der Waals surface area (Å²) in [5.41, 5.74) is -0.214. The summed E-state index contributed by atoms with van der Waals surface area (Å²) in [6.07, 6.45) is 0.953. The van der Waals surface area contributed by atoms with Gasteiger partial charge in [-0.05, 0) is 42.0 Å². The zero-order valence-electron chi connectivity index (χ0n) is 13.9. The Labute approximate surface area is 147 Å². The molecule has 6 nitrogen and oxygen atoms in total. The van der Waals surface area contributed by atoms with Crippen LogP contribution in [0.3, 0.4) is 0 Å². The highest BCUT2D eigenvalue weighted by Crippen LogP contribution is 2.28. The van der Waals surface area contributed by atoms with Gasteiger partial charge in [0.05, 0.1) is 19.8 Å². The molecule has 0 aromatic heterocycles. The second-order valence-corrected chi connectivity index (χ2v) is 5.09. The first-order valence-corrected chi connectivity index (χ1v) is 7.28. The monoisotopic (exact) mass is 363 g/mol. The molecule has 0 aliphatic heterocycles. The van der Waals surface area contributed by atoms with Crippen molar-refractivity contribution in [3.05, 3.63) is 59.2 Å². The van der Waals surface area contributed by atoms with Gasteiger partial charge in [0.1, 0.15) is 5.82 Å². The lowest BCUT2D eigenvalue weighted by molar-refractivity contribution is -0.114. The summed E-state index contributed by atoms with van der Waals surface area (Å²) in [7, 11) is 2.87. The molecule has 2 aromatic rings. The van der Waals surface area contributed by atoms with Crippen molar-refractivity contribution in [1.82, 2.24) is 0 Å². The van der Waals surface area contributed by atoms with Crippen molar-refractivity contribution < 1.29 is 33.0 Å². The highest BCUT2D eigenvalue weighted by atomic mass is 19.1. The van der Waals surface area contributed by atoms with E-state index in [0.29, 0.717) is 17.1 Å². The van der Waals surface area contributed by atoms with Crippen LogP contribution < -0.4 is 14.8 Å². The Morgan fingerprint density at radius 3 is 2.38 bits per heavy atom. The molecule has 0 saturated carbocycles. The van der Waals surface area contributed by atoms with Crippen LogP contribution in [0.25, 0.3) is 6.08 Å². The Morgan fingerprint density at radius 2 is 1.77 bits per heavy atom. The maximum Gasteiger partial charge on any atom is 0.335 e. The molecule has 1 amide bonds. The lowest BCUT2D eigenvalue weighted by Crippen LogP contribution is -2.13. The van der Waals surface area contributed by atoms with Gasteiger partial charge in [-0.1, -0.05) is 6.07 Å². The zero-order valence-corrected chi connectivity index (χ0v) is 13.9. The van der Waals surface area contributed by atoms with Gasteiger partial charge in [-0.15, -0.1) is 0 Å². The minimum absolute atomic E-state index is 0.178. The third-order valence-electron chi connectivity index (χ3n) is 3.32. The molecule has 0 bridgehead atoms. The number of anilines is 1. The van der Waals surface area contributed by atoms with E-state index in [9.17, 15) is 18.4 Å². The standard InChI is InChI=1S/C18H15F2NO5/c1-25-15-4-3-10(6-16(15)26-2)5-14(20)17(22)21-13-8-11(18(23)24)7-12(19)9-13/h3-9H,1-2H3,(H,21,22)(H,23,24). The molecule has 0 radical (unpaired) electrons. The van der Waals surface area contributed by atoms with Crippen molar-refractivity contribution in [1.29, 1.82) is 0 Å². The lowest BCUT2D eigenvalue weighted by Gasteiger charge is -2.08. The lowest BCUT2D eigenvalue weighted by atomic mass is 10.1. The van der Waals surface area contributed by atoms with Gasteiger partial charge in [0.15, 0.2) is 17.3 Å². The molecule has 136 valence electrons. The number of carbonyl (C=O) groups excluding carboxylic acids is 1. The van der Waals surface area contributed by atoms with E-state index in [2.05, 4.69) is 5.32 Å². The molecule has 0 heterocycles. The number of benzene rings is 2. The van der Waals surface area contributed by atoms with Gasteiger partial charge in [-0.3, -0.25) is 4.79 Å². The van der Waals surface area contributed by atoms with Crippen LogP contribution in [-0.2, 0) is 4.79 Å². The molecule has 2 N–H and O–H groups in total. The third-order valence-corrected chi connectivity index (χ3v) is 3.32. The number of hydrogen-bond acceptors (Lipinski definition) is 4. The van der Waals surface area contributed by atoms with E-state index in [1.807, 2.05) is 0 Å². The van der Waals surface area contributed by atoms with Gasteiger partial charge in [-0.2, -0.15) is 0 Å². The Hall–Kier alpha value is -3.42. The first-order valence-electron chi connectivity index (χ1n) is 7.28. The van der Waals surface area contributed by atoms with Crippen LogP contribution in [-0.4, -0.2) is 31.2 Å². The van der Waals surface area contributed by atoms with Crippen molar-refractivity contribution in [2.24, 2.45) is 0 Å².